The summed E-state index contributed by atoms with van der Waals surface area (Å²) in [5.41, 5.74) is 0. The van der Waals surface area contributed by atoms with Gasteiger partial charge in [-0.15, -0.1) is 13.2 Å². The molecule has 72 valence electrons. The summed E-state index contributed by atoms with van der Waals surface area (Å²) < 4.78 is 0. The van der Waals surface area contributed by atoms with E-state index < -0.39 is 0 Å². The lowest BCUT2D eigenvalue weighted by atomic mass is 10.1. The second-order valence-corrected chi connectivity index (χ2v) is 2.69. The second-order valence-electron chi connectivity index (χ2n) is 2.69. The molecule has 12 heavy (non-hydrogen) atoms. The van der Waals surface area contributed by atoms with Gasteiger partial charge in [-0.25, -0.2) is 0 Å². The minimum Gasteiger partial charge on any atom is -0.103 e. The van der Waals surface area contributed by atoms with E-state index in [9.17, 15) is 0 Å². The van der Waals surface area contributed by atoms with Crippen molar-refractivity contribution >= 4 is 0 Å². The van der Waals surface area contributed by atoms with Gasteiger partial charge in [0.1, 0.15) is 0 Å². The highest BCUT2D eigenvalue weighted by molar-refractivity contribution is 4.82. The van der Waals surface area contributed by atoms with Gasteiger partial charge >= 0.3 is 0 Å². The lowest BCUT2D eigenvalue weighted by Gasteiger charge is -1.94. The summed E-state index contributed by atoms with van der Waals surface area (Å²) in [5, 5.41) is 0. The van der Waals surface area contributed by atoms with E-state index in [-0.39, 0.29) is 0 Å². The van der Waals surface area contributed by atoms with Crippen LogP contribution in [0.15, 0.2) is 25.3 Å². The molecule has 0 aromatic heterocycles. The molecular formula is C12H24. The monoisotopic (exact) mass is 168 g/mol. The molecule has 1 saturated carbocycles. The van der Waals surface area contributed by atoms with E-state index in [0.29, 0.717) is 0 Å². The lowest BCUT2D eigenvalue weighted by molar-refractivity contribution is 0.688. The maximum atomic E-state index is 3.74. The molecule has 0 heteroatoms. The molecule has 1 fully saturated rings. The van der Waals surface area contributed by atoms with Crippen LogP contribution in [0.2, 0.25) is 0 Å². The van der Waals surface area contributed by atoms with Gasteiger partial charge < -0.3 is 0 Å². The summed E-state index contributed by atoms with van der Waals surface area (Å²) >= 11 is 0. The Labute approximate surface area is 78.4 Å². The van der Waals surface area contributed by atoms with Crippen molar-refractivity contribution in [3.63, 3.8) is 0 Å². The molecule has 0 aromatic rings. The average Bonchev–Trinajstić information content (AvgIpc) is 2.61. The molecule has 0 saturated heterocycles. The predicted molar refractivity (Wildman–Crippen MR) is 59.4 cm³/mol. The van der Waals surface area contributed by atoms with Crippen molar-refractivity contribution in [1.29, 1.82) is 0 Å². The van der Waals surface area contributed by atoms with Gasteiger partial charge in [0.15, 0.2) is 0 Å². The van der Waals surface area contributed by atoms with Crippen LogP contribution >= 0.6 is 0 Å². The second kappa shape index (κ2) is 13.1. The molecular weight excluding hydrogens is 144 g/mol. The molecule has 0 aliphatic heterocycles. The fraction of sp³-hybridized carbons (Fsp3) is 0.667. The van der Waals surface area contributed by atoms with Crippen LogP contribution in [-0.2, 0) is 0 Å². The van der Waals surface area contributed by atoms with Crippen LogP contribution < -0.4 is 0 Å². The van der Waals surface area contributed by atoms with E-state index in [1.54, 1.807) is 6.08 Å². The summed E-state index contributed by atoms with van der Waals surface area (Å²) in [6.07, 6.45) is 9.48. The largest absolute Gasteiger partial charge is 0.103 e. The maximum Gasteiger partial charge on any atom is -0.0236 e. The molecule has 0 heterocycles. The van der Waals surface area contributed by atoms with Crippen molar-refractivity contribution in [3.8, 4) is 0 Å². The van der Waals surface area contributed by atoms with E-state index >= 15 is 0 Å². The first-order chi connectivity index (χ1) is 5.85. The number of hydrogen-bond donors (Lipinski definition) is 0. The molecule has 0 spiro atoms. The standard InChI is InChI=1S/C7H12.C3H6.C2H6/c1-2-7-5-3-4-6-7;1-3-2;1-2/h2,7H,1,3-6H2;3H,1H2,2H3;1-2H3. The molecule has 0 unspecified atom stereocenters. The van der Waals surface area contributed by atoms with Crippen LogP contribution in [0.25, 0.3) is 0 Å². The van der Waals surface area contributed by atoms with E-state index in [0.717, 1.165) is 5.92 Å². The van der Waals surface area contributed by atoms with Gasteiger partial charge in [0, 0.05) is 0 Å². The minimum atomic E-state index is 0.861. The van der Waals surface area contributed by atoms with E-state index in [2.05, 4.69) is 19.2 Å². The molecule has 1 aliphatic carbocycles. The van der Waals surface area contributed by atoms with Crippen LogP contribution in [-0.4, -0.2) is 0 Å². The topological polar surface area (TPSA) is 0 Å². The SMILES string of the molecule is C=CC.C=CC1CCCC1.CC. The maximum absolute atomic E-state index is 3.74. The van der Waals surface area contributed by atoms with E-state index in [1.165, 1.54) is 25.7 Å². The summed E-state index contributed by atoms with van der Waals surface area (Å²) in [4.78, 5) is 0. The Morgan fingerprint density at radius 1 is 1.08 bits per heavy atom. The Balaban J connectivity index is 0. The van der Waals surface area contributed by atoms with Crippen LogP contribution in [0.1, 0.15) is 46.5 Å². The molecule has 0 amide bonds. The Bertz CT molecular complexity index is 86.2. The first-order valence-corrected chi connectivity index (χ1v) is 5.04. The minimum absolute atomic E-state index is 0.861. The Hall–Kier alpha value is -0.520. The van der Waals surface area contributed by atoms with Gasteiger partial charge in [0.05, 0.1) is 0 Å². The molecule has 0 N–H and O–H groups in total. The van der Waals surface area contributed by atoms with Crippen molar-refractivity contribution in [2.75, 3.05) is 0 Å². The van der Waals surface area contributed by atoms with Crippen molar-refractivity contribution in [2.24, 2.45) is 5.92 Å². The van der Waals surface area contributed by atoms with Crippen molar-refractivity contribution in [2.45, 2.75) is 46.5 Å². The van der Waals surface area contributed by atoms with Gasteiger partial charge in [-0.3, -0.25) is 0 Å². The van der Waals surface area contributed by atoms with Gasteiger partial charge in [-0.05, 0) is 25.7 Å². The quantitative estimate of drug-likeness (QED) is 0.503. The summed E-state index contributed by atoms with van der Waals surface area (Å²) in [5.74, 6) is 0.861. The Kier molecular flexibility index (Phi) is 15.3. The van der Waals surface area contributed by atoms with Gasteiger partial charge in [0.2, 0.25) is 0 Å². The third-order valence-electron chi connectivity index (χ3n) is 1.73. The molecule has 0 bridgehead atoms. The van der Waals surface area contributed by atoms with Gasteiger partial charge in [-0.1, -0.05) is 38.8 Å². The number of rotatable bonds is 1. The first kappa shape index (κ1) is 14.0. The summed E-state index contributed by atoms with van der Waals surface area (Å²) in [7, 11) is 0. The molecule has 0 radical (unpaired) electrons. The third kappa shape index (κ3) is 9.48. The highest BCUT2D eigenvalue weighted by Gasteiger charge is 2.09. The van der Waals surface area contributed by atoms with Gasteiger partial charge in [0.25, 0.3) is 0 Å². The van der Waals surface area contributed by atoms with Crippen molar-refractivity contribution < 1.29 is 0 Å². The Morgan fingerprint density at radius 3 is 1.58 bits per heavy atom. The highest BCUT2D eigenvalue weighted by atomic mass is 14.1. The number of allylic oxidation sites excluding steroid dienone is 2. The zero-order valence-electron chi connectivity index (χ0n) is 8.97. The van der Waals surface area contributed by atoms with Crippen LogP contribution in [0.5, 0.6) is 0 Å². The predicted octanol–water partition coefficient (Wildman–Crippen LogP) is 4.58. The molecule has 0 atom stereocenters. The average molecular weight is 168 g/mol. The van der Waals surface area contributed by atoms with Gasteiger partial charge in [-0.2, -0.15) is 0 Å². The fourth-order valence-corrected chi connectivity index (χ4v) is 1.19. The molecule has 1 aliphatic rings. The van der Waals surface area contributed by atoms with E-state index in [4.69, 9.17) is 0 Å². The first-order valence-electron chi connectivity index (χ1n) is 5.04. The van der Waals surface area contributed by atoms with Crippen molar-refractivity contribution in [3.05, 3.63) is 25.3 Å². The Morgan fingerprint density at radius 2 is 1.42 bits per heavy atom. The fourth-order valence-electron chi connectivity index (χ4n) is 1.19. The van der Waals surface area contributed by atoms with Crippen LogP contribution in [0.4, 0.5) is 0 Å². The third-order valence-corrected chi connectivity index (χ3v) is 1.73. The van der Waals surface area contributed by atoms with Crippen LogP contribution in [0, 0.1) is 5.92 Å². The molecule has 0 aromatic carbocycles. The number of hydrogen-bond acceptors (Lipinski definition) is 0. The summed E-state index contributed by atoms with van der Waals surface area (Å²) in [6, 6.07) is 0. The normalized spacial score (nSPS) is 14.9. The zero-order valence-corrected chi connectivity index (χ0v) is 8.97. The highest BCUT2D eigenvalue weighted by Crippen LogP contribution is 2.24. The smallest absolute Gasteiger partial charge is 0.0236 e. The van der Waals surface area contributed by atoms with Crippen LogP contribution in [0.3, 0.4) is 0 Å². The zero-order chi connectivity index (χ0) is 9.82. The lowest BCUT2D eigenvalue weighted by Crippen LogP contribution is -1.81. The van der Waals surface area contributed by atoms with Crippen molar-refractivity contribution in [1.82, 2.24) is 0 Å². The molecule has 0 nitrogen and oxygen atoms in total. The summed E-state index contributed by atoms with van der Waals surface area (Å²) in [6.45, 7) is 13.0. The molecule has 1 rings (SSSR count). The van der Waals surface area contributed by atoms with E-state index in [1.807, 2.05) is 20.8 Å².